The Morgan fingerprint density at radius 1 is 0.405 bits per heavy atom. The number of fused-ring (bicyclic) bond motifs is 9. The number of allylic oxidation sites excluding steroid dienone is 4. The highest BCUT2D eigenvalue weighted by Gasteiger charge is 2.23. The van der Waals surface area contributed by atoms with Crippen LogP contribution in [0.2, 0.25) is 0 Å². The van der Waals surface area contributed by atoms with Gasteiger partial charge in [0, 0.05) is 35.1 Å². The van der Waals surface area contributed by atoms with Gasteiger partial charge in [-0.3, -0.25) is 19.2 Å². The highest BCUT2D eigenvalue weighted by Crippen LogP contribution is 2.48. The Morgan fingerprint density at radius 2 is 0.785 bits per heavy atom. The summed E-state index contributed by atoms with van der Waals surface area (Å²) in [5.41, 5.74) is 8.77. The zero-order valence-electron chi connectivity index (χ0n) is 44.3. The molecule has 0 radical (unpaired) electrons. The van der Waals surface area contributed by atoms with Gasteiger partial charge in [0.05, 0.1) is 14.2 Å². The van der Waals surface area contributed by atoms with Crippen molar-refractivity contribution in [1.29, 1.82) is 0 Å². The largest absolute Gasteiger partial charge is 0.497 e. The lowest BCUT2D eigenvalue weighted by molar-refractivity contribution is -0.115. The Kier molecular flexibility index (Phi) is 15.9. The molecule has 8 nitrogen and oxygen atoms in total. The molecule has 0 amide bonds. The summed E-state index contributed by atoms with van der Waals surface area (Å²) in [4.78, 5) is 50.0. The average molecular weight is 1040 g/mol. The van der Waals surface area contributed by atoms with Crippen LogP contribution in [0.5, 0.6) is 23.0 Å². The van der Waals surface area contributed by atoms with Crippen molar-refractivity contribution < 1.29 is 38.1 Å². The van der Waals surface area contributed by atoms with Crippen LogP contribution in [0.4, 0.5) is 0 Å². The lowest BCUT2D eigenvalue weighted by Gasteiger charge is -2.17. The quantitative estimate of drug-likeness (QED) is 0.0738. The van der Waals surface area contributed by atoms with Crippen molar-refractivity contribution in [3.8, 4) is 45.3 Å². The Hall–Kier alpha value is -9.92. The summed E-state index contributed by atoms with van der Waals surface area (Å²) in [6.45, 7) is 3.83. The first-order valence-corrected chi connectivity index (χ1v) is 26.2. The second kappa shape index (κ2) is 24.0. The lowest BCUT2D eigenvalue weighted by Crippen LogP contribution is -2.03. The van der Waals surface area contributed by atoms with E-state index in [2.05, 4.69) is 60.7 Å². The third-order valence-electron chi connectivity index (χ3n) is 14.1. The molecule has 10 aromatic carbocycles. The maximum Gasteiger partial charge on any atom is 0.230 e. The van der Waals surface area contributed by atoms with Crippen molar-refractivity contribution >= 4 is 90.5 Å². The number of hydrogen-bond donors (Lipinski definition) is 0. The molecule has 0 saturated carbocycles. The molecule has 0 spiro atoms. The first-order valence-electron chi connectivity index (χ1n) is 26.2. The number of ether oxygens (including phenoxy) is 4. The van der Waals surface area contributed by atoms with Crippen LogP contribution in [-0.2, 0) is 9.59 Å². The molecule has 0 bridgehead atoms. The van der Waals surface area contributed by atoms with E-state index < -0.39 is 0 Å². The summed E-state index contributed by atoms with van der Waals surface area (Å²) in [5.74, 6) is 2.87. The maximum absolute atomic E-state index is 13.2. The predicted molar refractivity (Wildman–Crippen MR) is 321 cm³/mol. The fraction of sp³-hybridized carbons (Fsp3) is 0.0986. The molecule has 8 heteroatoms. The van der Waals surface area contributed by atoms with E-state index in [4.69, 9.17) is 18.9 Å². The topological polar surface area (TPSA) is 105 Å². The first-order chi connectivity index (χ1) is 38.6. The first kappa shape index (κ1) is 52.5. The van der Waals surface area contributed by atoms with Gasteiger partial charge < -0.3 is 18.9 Å². The molecule has 1 aliphatic heterocycles. The molecule has 10 aromatic rings. The fourth-order valence-corrected chi connectivity index (χ4v) is 9.82. The second-order valence-corrected chi connectivity index (χ2v) is 18.9. The Bertz CT molecular complexity index is 3840. The molecule has 0 fully saturated rings. The monoisotopic (exact) mass is 1040 g/mol. The van der Waals surface area contributed by atoms with Gasteiger partial charge in [-0.1, -0.05) is 147 Å². The van der Waals surface area contributed by atoms with Gasteiger partial charge in [0.15, 0.2) is 23.1 Å². The average Bonchev–Trinajstić information content (AvgIpc) is 3.96. The standard InChI is InChI=1S/C40H30O4.C31H26O4/c1-43-33-21-15-29(16-22-33)37(41)25-19-31-13-11-27-7-3-5-9-35(27)39(31)40-32(14-12-28-8-4-6-10-36(28)40)20-26-38(42)30-17-23-34(44-2)24-18-30;1-3-24(32)13-7-20-5-9-22-11-15-28-30(26(22)17-20)31-27-18-21(8-14-25(33)4-2)6-10-23(27)12-16-29(31)35-19-34-28/h3-26H,1-2H3;5-18H,3-4,19H2,1-2H3/b25-19-,26-20-;13-7-,14-8-. The SMILES string of the molecule is CCC(=O)/C=C\c1ccc2ccc3c(c2c1)-c1c(ccc2ccc(/C=C\C(=O)CC)cc12)OCO3.COc1ccc(C(=O)/C=C\c2ccc3ccccc3c2-c2c(/C=C\C(=O)c3ccc(OC)cc3)ccc3ccccc23)cc1. The molecular formula is C71H56O8. The molecule has 1 heterocycles. The third kappa shape index (κ3) is 11.6. The van der Waals surface area contributed by atoms with Crippen LogP contribution in [0.25, 0.3) is 89.6 Å². The fourth-order valence-electron chi connectivity index (χ4n) is 9.82. The number of rotatable bonds is 15. The van der Waals surface area contributed by atoms with Crippen LogP contribution >= 0.6 is 0 Å². The van der Waals surface area contributed by atoms with E-state index in [-0.39, 0.29) is 29.9 Å². The number of hydrogen-bond acceptors (Lipinski definition) is 8. The van der Waals surface area contributed by atoms with Gasteiger partial charge in [-0.15, -0.1) is 0 Å². The lowest BCUT2D eigenvalue weighted by atomic mass is 9.86. The van der Waals surface area contributed by atoms with Crippen molar-refractivity contribution in [1.82, 2.24) is 0 Å². The Morgan fingerprint density at radius 3 is 1.19 bits per heavy atom. The normalized spacial score (nSPS) is 12.1. The zero-order valence-corrected chi connectivity index (χ0v) is 44.3. The summed E-state index contributed by atoms with van der Waals surface area (Å²) >= 11 is 0. The highest BCUT2D eigenvalue weighted by atomic mass is 16.7. The predicted octanol–water partition coefficient (Wildman–Crippen LogP) is 16.8. The van der Waals surface area contributed by atoms with E-state index in [0.29, 0.717) is 35.5 Å². The molecule has 0 N–H and O–H groups in total. The molecule has 0 saturated heterocycles. The third-order valence-corrected chi connectivity index (χ3v) is 14.1. The van der Waals surface area contributed by atoms with Crippen molar-refractivity contribution in [3.63, 3.8) is 0 Å². The van der Waals surface area contributed by atoms with E-state index >= 15 is 0 Å². The van der Waals surface area contributed by atoms with E-state index in [0.717, 1.165) is 99.1 Å². The molecule has 0 aliphatic carbocycles. The number of benzene rings is 10. The number of carbonyl (C=O) groups excluding carboxylic acids is 4. The van der Waals surface area contributed by atoms with Gasteiger partial charge >= 0.3 is 0 Å². The van der Waals surface area contributed by atoms with Crippen LogP contribution in [0.1, 0.15) is 69.7 Å². The van der Waals surface area contributed by atoms with Gasteiger partial charge in [0.1, 0.15) is 23.0 Å². The number of methoxy groups -OCH3 is 2. The van der Waals surface area contributed by atoms with Gasteiger partial charge in [0.2, 0.25) is 6.79 Å². The molecule has 79 heavy (non-hydrogen) atoms. The molecular weight excluding hydrogens is 981 g/mol. The van der Waals surface area contributed by atoms with Crippen molar-refractivity contribution in [2.45, 2.75) is 26.7 Å². The van der Waals surface area contributed by atoms with Crippen molar-refractivity contribution in [3.05, 3.63) is 240 Å². The molecule has 0 unspecified atom stereocenters. The van der Waals surface area contributed by atoms with Crippen LogP contribution < -0.4 is 18.9 Å². The maximum atomic E-state index is 13.2. The summed E-state index contributed by atoms with van der Waals surface area (Å²) in [7, 11) is 3.20. The molecule has 0 aromatic heterocycles. The smallest absolute Gasteiger partial charge is 0.230 e. The van der Waals surface area contributed by atoms with E-state index in [9.17, 15) is 19.2 Å². The summed E-state index contributed by atoms with van der Waals surface area (Å²) in [6.07, 6.45) is 14.9. The minimum Gasteiger partial charge on any atom is -0.497 e. The minimum atomic E-state index is -0.102. The summed E-state index contributed by atoms with van der Waals surface area (Å²) in [6, 6.07) is 59.3. The van der Waals surface area contributed by atoms with E-state index in [1.54, 1.807) is 87.1 Å². The van der Waals surface area contributed by atoms with Crippen LogP contribution in [0.3, 0.4) is 0 Å². The van der Waals surface area contributed by atoms with E-state index in [1.165, 1.54) is 0 Å². The number of carbonyl (C=O) groups is 4. The number of ketones is 4. The molecule has 0 atom stereocenters. The van der Waals surface area contributed by atoms with Crippen LogP contribution in [0.15, 0.2) is 206 Å². The van der Waals surface area contributed by atoms with Crippen LogP contribution in [0, 0.1) is 0 Å². The Labute approximate surface area is 459 Å². The van der Waals surface area contributed by atoms with Gasteiger partial charge in [-0.05, 0) is 174 Å². The Balaban J connectivity index is 0.000000183. The summed E-state index contributed by atoms with van der Waals surface area (Å²) < 4.78 is 22.5. The van der Waals surface area contributed by atoms with E-state index in [1.807, 2.05) is 111 Å². The van der Waals surface area contributed by atoms with Gasteiger partial charge in [-0.25, -0.2) is 0 Å². The molecule has 388 valence electrons. The second-order valence-electron chi connectivity index (χ2n) is 18.9. The summed E-state index contributed by atoms with van der Waals surface area (Å²) in [5, 5.41) is 8.46. The van der Waals surface area contributed by atoms with Crippen molar-refractivity contribution in [2.75, 3.05) is 21.0 Å². The zero-order chi connectivity index (χ0) is 54.8. The molecule has 11 rings (SSSR count). The van der Waals surface area contributed by atoms with Crippen LogP contribution in [-0.4, -0.2) is 44.1 Å². The minimum absolute atomic E-state index is 0.0900. The van der Waals surface area contributed by atoms with Gasteiger partial charge in [0.25, 0.3) is 0 Å². The molecule has 1 aliphatic rings. The highest BCUT2D eigenvalue weighted by molar-refractivity contribution is 6.15. The van der Waals surface area contributed by atoms with Crippen molar-refractivity contribution in [2.24, 2.45) is 0 Å². The van der Waals surface area contributed by atoms with Gasteiger partial charge in [-0.2, -0.15) is 0 Å².